The molecule has 0 unspecified atom stereocenters. The van der Waals surface area contributed by atoms with Gasteiger partial charge in [0.05, 0.1) is 13.2 Å². The maximum Gasteiger partial charge on any atom is 0.254 e. The molecule has 146 valence electrons. The van der Waals surface area contributed by atoms with E-state index in [2.05, 4.69) is 11.6 Å². The Kier molecular flexibility index (Phi) is 4.67. The first kappa shape index (κ1) is 18.6. The van der Waals surface area contributed by atoms with Gasteiger partial charge in [-0.05, 0) is 31.4 Å². The first-order valence-electron chi connectivity index (χ1n) is 9.59. The Morgan fingerprint density at radius 1 is 1.25 bits per heavy atom. The maximum absolute atomic E-state index is 13.6. The third-order valence-corrected chi connectivity index (χ3v) is 5.90. The Morgan fingerprint density at radius 3 is 2.54 bits per heavy atom. The highest BCUT2D eigenvalue weighted by atomic mass is 16.5. The second-order valence-corrected chi connectivity index (χ2v) is 7.91. The molecule has 0 N–H and O–H groups in total. The molecule has 1 saturated carbocycles. The molecule has 6 nitrogen and oxygen atoms in total. The van der Waals surface area contributed by atoms with Crippen molar-refractivity contribution in [3.8, 4) is 0 Å². The molecule has 1 aliphatic carbocycles. The van der Waals surface area contributed by atoms with E-state index in [1.165, 1.54) is 11.0 Å². The van der Waals surface area contributed by atoms with Gasteiger partial charge in [-0.25, -0.2) is 4.99 Å². The lowest BCUT2D eigenvalue weighted by Crippen LogP contribution is -2.77. The molecule has 2 heterocycles. The lowest BCUT2D eigenvalue weighted by molar-refractivity contribution is -0.227. The van der Waals surface area contributed by atoms with Crippen molar-refractivity contribution in [2.24, 2.45) is 10.4 Å². The highest BCUT2D eigenvalue weighted by Crippen LogP contribution is 2.57. The zero-order chi connectivity index (χ0) is 19.8. The fraction of sp³-hybridized carbons (Fsp3) is 0.409. The monoisotopic (exact) mass is 379 g/mol. The van der Waals surface area contributed by atoms with Gasteiger partial charge in [-0.15, -0.1) is 0 Å². The van der Waals surface area contributed by atoms with Gasteiger partial charge < -0.3 is 9.64 Å². The standard InChI is InChI=1S/C22H25N3O3/c1-3-10-23-18(4-2)24-12-19(26)25(11-17-8-6-5-7-9-17)22(20(24)27)13-21(14-22)15-28-16-21/h3-10H,2,11-16H2,1H3/b10-3-,23-18?. The molecule has 0 radical (unpaired) electrons. The number of amides is 2. The summed E-state index contributed by atoms with van der Waals surface area (Å²) < 4.78 is 5.40. The third-order valence-electron chi connectivity index (χ3n) is 5.90. The van der Waals surface area contributed by atoms with Crippen LogP contribution in [0.25, 0.3) is 0 Å². The fourth-order valence-corrected chi connectivity index (χ4v) is 4.60. The largest absolute Gasteiger partial charge is 0.380 e. The number of ether oxygens (including phenoxy) is 1. The smallest absolute Gasteiger partial charge is 0.254 e. The minimum Gasteiger partial charge on any atom is -0.380 e. The zero-order valence-corrected chi connectivity index (χ0v) is 16.1. The molecule has 1 aromatic carbocycles. The summed E-state index contributed by atoms with van der Waals surface area (Å²) >= 11 is 0. The number of amidine groups is 1. The van der Waals surface area contributed by atoms with Crippen molar-refractivity contribution in [2.75, 3.05) is 19.8 Å². The predicted octanol–water partition coefficient (Wildman–Crippen LogP) is 2.52. The van der Waals surface area contributed by atoms with Crippen molar-refractivity contribution in [3.63, 3.8) is 0 Å². The molecular weight excluding hydrogens is 354 g/mol. The van der Waals surface area contributed by atoms with Gasteiger partial charge in [0.25, 0.3) is 5.91 Å². The van der Waals surface area contributed by atoms with Gasteiger partial charge in [-0.1, -0.05) is 43.0 Å². The average molecular weight is 379 g/mol. The van der Waals surface area contributed by atoms with E-state index in [0.717, 1.165) is 5.56 Å². The van der Waals surface area contributed by atoms with E-state index in [-0.39, 0.29) is 23.8 Å². The van der Waals surface area contributed by atoms with Crippen molar-refractivity contribution in [3.05, 3.63) is 60.8 Å². The number of carbonyl (C=O) groups excluding carboxylic acids is 2. The summed E-state index contributed by atoms with van der Waals surface area (Å²) in [6.45, 7) is 7.38. The Hall–Kier alpha value is -2.73. The Bertz CT molecular complexity index is 847. The van der Waals surface area contributed by atoms with Gasteiger partial charge in [0.2, 0.25) is 5.91 Å². The van der Waals surface area contributed by atoms with Crippen molar-refractivity contribution >= 4 is 17.6 Å². The number of rotatable bonds is 4. The van der Waals surface area contributed by atoms with Gasteiger partial charge >= 0.3 is 0 Å². The molecule has 2 aliphatic heterocycles. The normalized spacial score (nSPS) is 23.2. The molecule has 0 bridgehead atoms. The van der Waals surface area contributed by atoms with Crippen LogP contribution in [0.15, 0.2) is 60.3 Å². The minimum absolute atomic E-state index is 0.0146. The summed E-state index contributed by atoms with van der Waals surface area (Å²) in [6, 6.07) is 9.82. The number of allylic oxidation sites excluding steroid dienone is 1. The van der Waals surface area contributed by atoms with Gasteiger partial charge in [0.1, 0.15) is 17.9 Å². The summed E-state index contributed by atoms with van der Waals surface area (Å²) in [4.78, 5) is 34.3. The van der Waals surface area contributed by atoms with Crippen molar-refractivity contribution in [1.82, 2.24) is 9.80 Å². The summed E-state index contributed by atoms with van der Waals surface area (Å²) in [6.07, 6.45) is 6.21. The summed E-state index contributed by atoms with van der Waals surface area (Å²) in [7, 11) is 0. The Balaban J connectivity index is 1.67. The third kappa shape index (κ3) is 2.88. The van der Waals surface area contributed by atoms with Crippen molar-refractivity contribution < 1.29 is 14.3 Å². The molecular formula is C22H25N3O3. The van der Waals surface area contributed by atoms with E-state index in [0.29, 0.717) is 38.4 Å². The summed E-state index contributed by atoms with van der Waals surface area (Å²) in [5.41, 5.74) is 0.228. The van der Waals surface area contributed by atoms with E-state index in [4.69, 9.17) is 4.74 Å². The lowest BCUT2D eigenvalue weighted by atomic mass is 9.54. The van der Waals surface area contributed by atoms with Gasteiger partial charge in [0, 0.05) is 18.2 Å². The van der Waals surface area contributed by atoms with E-state index in [1.54, 1.807) is 17.2 Å². The van der Waals surface area contributed by atoms with Crippen LogP contribution >= 0.6 is 0 Å². The number of nitrogens with zero attached hydrogens (tertiary/aromatic N) is 3. The van der Waals surface area contributed by atoms with Crippen LogP contribution in [0.4, 0.5) is 0 Å². The number of aliphatic imine (C=N–C) groups is 1. The second-order valence-electron chi connectivity index (χ2n) is 7.91. The summed E-state index contributed by atoms with van der Waals surface area (Å²) in [5, 5.41) is 0. The summed E-state index contributed by atoms with van der Waals surface area (Å²) in [5.74, 6) is 0.290. The fourth-order valence-electron chi connectivity index (χ4n) is 4.60. The van der Waals surface area contributed by atoms with Crippen LogP contribution in [0, 0.1) is 5.41 Å². The molecule has 3 aliphatic rings. The zero-order valence-electron chi connectivity index (χ0n) is 16.1. The molecule has 28 heavy (non-hydrogen) atoms. The van der Waals surface area contributed by atoms with Crippen LogP contribution in [0.5, 0.6) is 0 Å². The van der Waals surface area contributed by atoms with Crippen LogP contribution in [-0.4, -0.2) is 52.7 Å². The van der Waals surface area contributed by atoms with Gasteiger partial charge in [-0.3, -0.25) is 14.5 Å². The van der Waals surface area contributed by atoms with Crippen LogP contribution < -0.4 is 0 Å². The highest BCUT2D eigenvalue weighted by molar-refractivity contribution is 6.12. The first-order valence-corrected chi connectivity index (χ1v) is 9.59. The molecule has 4 rings (SSSR count). The molecule has 0 atom stereocenters. The molecule has 0 aromatic heterocycles. The topological polar surface area (TPSA) is 62.2 Å². The predicted molar refractivity (Wildman–Crippen MR) is 106 cm³/mol. The van der Waals surface area contributed by atoms with Gasteiger partial charge in [0.15, 0.2) is 0 Å². The van der Waals surface area contributed by atoms with E-state index >= 15 is 0 Å². The second kappa shape index (κ2) is 7.02. The van der Waals surface area contributed by atoms with Crippen LogP contribution in [0.3, 0.4) is 0 Å². The molecule has 1 aromatic rings. The Labute approximate surface area is 165 Å². The minimum atomic E-state index is -0.825. The van der Waals surface area contributed by atoms with E-state index in [1.807, 2.05) is 37.3 Å². The molecule has 2 saturated heterocycles. The average Bonchev–Trinajstić information content (AvgIpc) is 2.64. The molecule has 2 spiro atoms. The number of hydrogen-bond donors (Lipinski definition) is 0. The number of carbonyl (C=O) groups is 2. The molecule has 3 fully saturated rings. The van der Waals surface area contributed by atoms with Crippen molar-refractivity contribution in [2.45, 2.75) is 31.8 Å². The number of hydrogen-bond acceptors (Lipinski definition) is 4. The SMILES string of the molecule is C=CC(=N/C=C\C)N1CC(=O)N(Cc2ccccc2)C2(CC3(COC3)C2)C1=O. The maximum atomic E-state index is 13.6. The number of piperazine rings is 1. The number of benzene rings is 1. The quantitative estimate of drug-likeness (QED) is 0.597. The lowest BCUT2D eigenvalue weighted by Gasteiger charge is -2.64. The van der Waals surface area contributed by atoms with Crippen LogP contribution in [0.2, 0.25) is 0 Å². The highest BCUT2D eigenvalue weighted by Gasteiger charge is 2.68. The van der Waals surface area contributed by atoms with E-state index in [9.17, 15) is 9.59 Å². The molecule has 2 amide bonds. The van der Waals surface area contributed by atoms with Gasteiger partial charge in [-0.2, -0.15) is 0 Å². The van der Waals surface area contributed by atoms with Crippen LogP contribution in [-0.2, 0) is 20.9 Å². The van der Waals surface area contributed by atoms with Crippen molar-refractivity contribution in [1.29, 1.82) is 0 Å². The Morgan fingerprint density at radius 2 is 1.96 bits per heavy atom. The van der Waals surface area contributed by atoms with Crippen LogP contribution in [0.1, 0.15) is 25.3 Å². The molecule has 6 heteroatoms. The van der Waals surface area contributed by atoms with E-state index < -0.39 is 5.54 Å². The first-order chi connectivity index (χ1) is 13.5.